The van der Waals surface area contributed by atoms with Crippen LogP contribution in [0.25, 0.3) is 0 Å². The molecule has 280 valence electrons. The first-order valence-corrected chi connectivity index (χ1v) is 18.9. The van der Waals surface area contributed by atoms with E-state index in [4.69, 9.17) is 9.47 Å². The van der Waals surface area contributed by atoms with Gasteiger partial charge < -0.3 is 24.6 Å². The standard InChI is InChI=1S/C38H45F3N4O6S/c1-4-7-34(46)44-20-29(21-44)52(49)28-12-13-33(31(40)19-28)45-23-37(41,24-45)22-43-16-14-25(15-17-43)38(35(47)50-2,26-8-5-9-27(39)18-26)30-10-6-11-32(30)42-36(48)51-3/h5,8-9,12-13,18-19,25,29-30,32H,6,10-11,14-17,20-24H2,1-3H3,(H,42,48). The van der Waals surface area contributed by atoms with Crippen molar-refractivity contribution in [1.29, 1.82) is 0 Å². The molecular formula is C38H45F3N4O6S. The lowest BCUT2D eigenvalue weighted by Crippen LogP contribution is -2.65. The number of nitrogens with one attached hydrogen (secondary N) is 1. The van der Waals surface area contributed by atoms with Gasteiger partial charge >= 0.3 is 12.1 Å². The molecule has 1 saturated carbocycles. The van der Waals surface area contributed by atoms with E-state index in [1.165, 1.54) is 43.4 Å². The Bertz CT molecular complexity index is 1770. The highest BCUT2D eigenvalue weighted by Crippen LogP contribution is 2.51. The normalized spacial score (nSPS) is 23.7. The summed E-state index contributed by atoms with van der Waals surface area (Å²) in [5.41, 5.74) is -2.10. The number of methoxy groups -OCH3 is 2. The van der Waals surface area contributed by atoms with Crippen LogP contribution in [0.1, 0.15) is 44.6 Å². The van der Waals surface area contributed by atoms with Gasteiger partial charge in [0.1, 0.15) is 17.0 Å². The molecule has 0 aromatic heterocycles. The molecule has 1 N–H and O–H groups in total. The zero-order valence-electron chi connectivity index (χ0n) is 29.7. The van der Waals surface area contributed by atoms with Crippen molar-refractivity contribution in [3.8, 4) is 11.8 Å². The smallest absolute Gasteiger partial charge is 0.407 e. The highest BCUT2D eigenvalue weighted by molar-refractivity contribution is 7.85. The molecule has 10 nitrogen and oxygen atoms in total. The van der Waals surface area contributed by atoms with Crippen molar-refractivity contribution in [2.75, 3.05) is 64.9 Å². The minimum atomic E-state index is -1.59. The fourth-order valence-electron chi connectivity index (χ4n) is 8.83. The van der Waals surface area contributed by atoms with Crippen LogP contribution >= 0.6 is 0 Å². The second-order valence-electron chi connectivity index (χ2n) is 14.3. The molecule has 3 saturated heterocycles. The largest absolute Gasteiger partial charge is 0.468 e. The number of esters is 1. The predicted molar refractivity (Wildman–Crippen MR) is 189 cm³/mol. The van der Waals surface area contributed by atoms with Gasteiger partial charge in [0.15, 0.2) is 5.67 Å². The van der Waals surface area contributed by atoms with Crippen molar-refractivity contribution >= 4 is 34.5 Å². The molecule has 3 heterocycles. The van der Waals surface area contributed by atoms with E-state index in [0.717, 1.165) is 6.42 Å². The maximum absolute atomic E-state index is 16.1. The van der Waals surface area contributed by atoms with Crippen LogP contribution in [-0.2, 0) is 35.3 Å². The molecule has 52 heavy (non-hydrogen) atoms. The van der Waals surface area contributed by atoms with Gasteiger partial charge in [-0.15, -0.1) is 0 Å². The molecular weight excluding hydrogens is 698 g/mol. The Labute approximate surface area is 304 Å². The van der Waals surface area contributed by atoms with Gasteiger partial charge in [-0.2, -0.15) is 0 Å². The molecule has 0 radical (unpaired) electrons. The summed E-state index contributed by atoms with van der Waals surface area (Å²) in [7, 11) is 1.10. The summed E-state index contributed by atoms with van der Waals surface area (Å²) < 4.78 is 69.5. The lowest BCUT2D eigenvalue weighted by molar-refractivity contribution is -0.155. The van der Waals surface area contributed by atoms with Crippen molar-refractivity contribution in [2.45, 2.75) is 66.3 Å². The Balaban J connectivity index is 1.10. The van der Waals surface area contributed by atoms with Crippen molar-refractivity contribution in [3.05, 3.63) is 59.7 Å². The summed E-state index contributed by atoms with van der Waals surface area (Å²) in [5, 5.41) is 2.60. The van der Waals surface area contributed by atoms with Crippen molar-refractivity contribution < 1.29 is 41.2 Å². The summed E-state index contributed by atoms with van der Waals surface area (Å²) in [6.45, 7) is 3.22. The van der Waals surface area contributed by atoms with Gasteiger partial charge in [0.25, 0.3) is 5.91 Å². The molecule has 2 aromatic carbocycles. The molecule has 2 amide bonds. The molecule has 2 aromatic rings. The SMILES string of the molecule is CC#CC(=O)N1CC(S(=O)c2ccc(N3CC(F)(CN4CCC(C(C(=O)OC)(c5cccc(F)c5)C5CCCC5NC(=O)OC)CC4)C3)c(F)c2)C1. The van der Waals surface area contributed by atoms with Crippen molar-refractivity contribution in [3.63, 3.8) is 0 Å². The Hall–Kier alpha value is -4.09. The molecule has 6 rings (SSSR count). The van der Waals surface area contributed by atoms with Gasteiger partial charge in [0, 0.05) is 30.6 Å². The minimum Gasteiger partial charge on any atom is -0.468 e. The number of benzene rings is 2. The predicted octanol–water partition coefficient (Wildman–Crippen LogP) is 4.18. The second-order valence-corrected chi connectivity index (χ2v) is 16.1. The van der Waals surface area contributed by atoms with Crippen LogP contribution in [0.5, 0.6) is 0 Å². The number of amides is 2. The van der Waals surface area contributed by atoms with E-state index >= 15 is 8.78 Å². The van der Waals surface area contributed by atoms with Gasteiger partial charge in [0.2, 0.25) is 0 Å². The van der Waals surface area contributed by atoms with Gasteiger partial charge in [-0.25, -0.2) is 18.0 Å². The summed E-state index contributed by atoms with van der Waals surface area (Å²) in [6.07, 6.45) is 2.43. The third-order valence-electron chi connectivity index (χ3n) is 11.3. The summed E-state index contributed by atoms with van der Waals surface area (Å²) in [4.78, 5) is 43.7. The van der Waals surface area contributed by atoms with Gasteiger partial charge in [-0.05, 0) is 99.3 Å². The third-order valence-corrected chi connectivity index (χ3v) is 12.9. The topological polar surface area (TPSA) is 108 Å². The Morgan fingerprint density at radius 1 is 1.02 bits per heavy atom. The van der Waals surface area contributed by atoms with Crippen LogP contribution in [0.15, 0.2) is 47.4 Å². The number of carbonyl (C=O) groups excluding carboxylic acids is 3. The Morgan fingerprint density at radius 3 is 2.38 bits per heavy atom. The molecule has 1 aliphatic carbocycles. The average Bonchev–Trinajstić information content (AvgIpc) is 3.55. The molecule has 0 spiro atoms. The number of alkyl halides is 1. The van der Waals surface area contributed by atoms with Crippen molar-refractivity contribution in [2.24, 2.45) is 11.8 Å². The molecule has 3 aliphatic heterocycles. The molecule has 4 aliphatic rings. The van der Waals surface area contributed by atoms with Gasteiger partial charge in [-0.1, -0.05) is 24.5 Å². The van der Waals surface area contributed by atoms with E-state index in [1.54, 1.807) is 30.0 Å². The summed E-state index contributed by atoms with van der Waals surface area (Å²) >= 11 is 0. The van der Waals surface area contributed by atoms with Crippen LogP contribution < -0.4 is 10.2 Å². The Morgan fingerprint density at radius 2 is 1.75 bits per heavy atom. The second kappa shape index (κ2) is 15.5. The number of likely N-dealkylation sites (tertiary alicyclic amines) is 2. The monoisotopic (exact) mass is 742 g/mol. The maximum atomic E-state index is 16.1. The first-order valence-electron chi connectivity index (χ1n) is 17.7. The summed E-state index contributed by atoms with van der Waals surface area (Å²) in [6, 6.07) is 9.99. The Kier molecular flexibility index (Phi) is 11.2. The van der Waals surface area contributed by atoms with Gasteiger partial charge in [-0.3, -0.25) is 18.7 Å². The molecule has 4 unspecified atom stereocenters. The van der Waals surface area contributed by atoms with Crippen LogP contribution in [0, 0.1) is 35.3 Å². The van der Waals surface area contributed by atoms with E-state index < -0.39 is 51.6 Å². The van der Waals surface area contributed by atoms with E-state index in [-0.39, 0.29) is 48.3 Å². The first kappa shape index (κ1) is 37.7. The number of carbonyl (C=O) groups is 3. The zero-order valence-corrected chi connectivity index (χ0v) is 30.5. The minimum absolute atomic E-state index is 0.0111. The first-order chi connectivity index (χ1) is 24.9. The quantitative estimate of drug-likeness (QED) is 0.286. The number of rotatable bonds is 10. The van der Waals surface area contributed by atoms with Crippen molar-refractivity contribution in [1.82, 2.24) is 15.1 Å². The molecule has 14 heteroatoms. The fraction of sp³-hybridized carbons (Fsp3) is 0.553. The number of nitrogens with zero attached hydrogens (tertiary/aromatic N) is 3. The van der Waals surface area contributed by atoms with Crippen LogP contribution in [0.2, 0.25) is 0 Å². The summed E-state index contributed by atoms with van der Waals surface area (Å²) in [5.74, 6) is 2.49. The number of anilines is 1. The lowest BCUT2D eigenvalue weighted by Gasteiger charge is -2.51. The van der Waals surface area contributed by atoms with E-state index in [2.05, 4.69) is 17.2 Å². The number of alkyl carbamates (subject to hydrolysis) is 1. The van der Waals surface area contributed by atoms with E-state index in [9.17, 15) is 23.0 Å². The zero-order chi connectivity index (χ0) is 37.2. The van der Waals surface area contributed by atoms with E-state index in [1.807, 2.05) is 4.90 Å². The lowest BCUT2D eigenvalue weighted by atomic mass is 9.58. The number of hydrogen-bond donors (Lipinski definition) is 1. The van der Waals surface area contributed by atoms with Crippen LogP contribution in [0.3, 0.4) is 0 Å². The molecule has 4 atom stereocenters. The molecule has 0 bridgehead atoms. The van der Waals surface area contributed by atoms with Crippen LogP contribution in [-0.4, -0.2) is 109 Å². The average molecular weight is 743 g/mol. The highest BCUT2D eigenvalue weighted by Gasteiger charge is 2.58. The number of halogens is 3. The van der Waals surface area contributed by atoms with E-state index in [0.29, 0.717) is 62.3 Å². The number of ether oxygens (including phenoxy) is 2. The fourth-order valence-corrected chi connectivity index (χ4v) is 10.3. The van der Waals surface area contributed by atoms with Crippen LogP contribution in [0.4, 0.5) is 23.7 Å². The number of piperidine rings is 1. The number of hydrogen-bond acceptors (Lipinski definition) is 8. The maximum Gasteiger partial charge on any atom is 0.407 e. The molecule has 4 fully saturated rings. The third kappa shape index (κ3) is 7.26. The highest BCUT2D eigenvalue weighted by atomic mass is 32.2. The van der Waals surface area contributed by atoms with Gasteiger partial charge in [0.05, 0.1) is 49.0 Å².